The lowest BCUT2D eigenvalue weighted by Gasteiger charge is -2.23. The third-order valence-electron chi connectivity index (χ3n) is 4.25. The zero-order chi connectivity index (χ0) is 17.3. The third-order valence-corrected chi connectivity index (χ3v) is 4.25. The molecule has 1 N–H and O–H groups in total. The maximum Gasteiger partial charge on any atom is 0.339 e. The number of aromatic nitrogens is 1. The Hall–Kier alpha value is -2.44. The Morgan fingerprint density at radius 2 is 2.08 bits per heavy atom. The summed E-state index contributed by atoms with van der Waals surface area (Å²) in [4.78, 5) is 17.7. The zero-order valence-corrected chi connectivity index (χ0v) is 13.3. The molecule has 5 nitrogen and oxygen atoms in total. The zero-order valence-electron chi connectivity index (χ0n) is 13.3. The van der Waals surface area contributed by atoms with Gasteiger partial charge in [0.25, 0.3) is 0 Å². The summed E-state index contributed by atoms with van der Waals surface area (Å²) in [6, 6.07) is 6.69. The number of hydrogen-bond acceptors (Lipinski definition) is 4. The number of aromatic carboxylic acids is 1. The quantitative estimate of drug-likeness (QED) is 0.928. The molecule has 2 aromatic rings. The Balaban J connectivity index is 2.05. The number of rotatable bonds is 3. The van der Waals surface area contributed by atoms with Gasteiger partial charge in [0.05, 0.1) is 12.6 Å². The molecule has 0 spiro atoms. The second kappa shape index (κ2) is 6.22. The van der Waals surface area contributed by atoms with Crippen molar-refractivity contribution < 1.29 is 23.4 Å². The van der Waals surface area contributed by atoms with Gasteiger partial charge in [0.1, 0.15) is 17.1 Å². The molecule has 1 saturated heterocycles. The largest absolute Gasteiger partial charge is 0.497 e. The fourth-order valence-corrected chi connectivity index (χ4v) is 2.95. The van der Waals surface area contributed by atoms with Crippen LogP contribution in [0.4, 0.5) is 14.6 Å². The van der Waals surface area contributed by atoms with Crippen molar-refractivity contribution in [2.24, 2.45) is 0 Å². The molecular formula is C17H18F2N2O3. The van der Waals surface area contributed by atoms with Crippen LogP contribution in [0.1, 0.15) is 29.6 Å². The van der Waals surface area contributed by atoms with Crippen molar-refractivity contribution in [1.82, 2.24) is 4.98 Å². The van der Waals surface area contributed by atoms with Gasteiger partial charge in [-0.3, -0.25) is 0 Å². The highest BCUT2D eigenvalue weighted by atomic mass is 19.3. The number of alkyl halides is 2. The molecule has 0 unspecified atom stereocenters. The minimum absolute atomic E-state index is 0.0148. The number of pyridine rings is 1. The first kappa shape index (κ1) is 16.4. The fraction of sp³-hybridized carbons (Fsp3) is 0.412. The van der Waals surface area contributed by atoms with E-state index in [-0.39, 0.29) is 30.8 Å². The Labute approximate surface area is 137 Å². The maximum atomic E-state index is 13.6. The highest BCUT2D eigenvalue weighted by Crippen LogP contribution is 2.32. The third kappa shape index (κ3) is 3.25. The number of nitrogens with zero attached hydrogens (tertiary/aromatic N) is 2. The Morgan fingerprint density at radius 1 is 1.29 bits per heavy atom. The molecule has 24 heavy (non-hydrogen) atoms. The van der Waals surface area contributed by atoms with Crippen LogP contribution < -0.4 is 9.64 Å². The molecule has 0 saturated carbocycles. The number of carboxylic acid groups (broad SMARTS) is 1. The number of methoxy groups -OCH3 is 1. The summed E-state index contributed by atoms with van der Waals surface area (Å²) in [5.74, 6) is -2.98. The first-order valence-corrected chi connectivity index (χ1v) is 7.74. The van der Waals surface area contributed by atoms with E-state index in [1.54, 1.807) is 23.1 Å². The van der Waals surface area contributed by atoms with Gasteiger partial charge in [-0.1, -0.05) is 0 Å². The summed E-state index contributed by atoms with van der Waals surface area (Å²) in [6.07, 6.45) is -0.181. The summed E-state index contributed by atoms with van der Waals surface area (Å²) >= 11 is 0. The van der Waals surface area contributed by atoms with Crippen molar-refractivity contribution >= 4 is 22.7 Å². The molecule has 0 atom stereocenters. The van der Waals surface area contributed by atoms with Gasteiger partial charge in [0.15, 0.2) is 0 Å². The number of fused-ring (bicyclic) bond motifs is 1. The van der Waals surface area contributed by atoms with Crippen LogP contribution >= 0.6 is 0 Å². The molecule has 0 aliphatic carbocycles. The van der Waals surface area contributed by atoms with E-state index in [9.17, 15) is 18.7 Å². The van der Waals surface area contributed by atoms with Gasteiger partial charge in [-0.2, -0.15) is 0 Å². The van der Waals surface area contributed by atoms with Gasteiger partial charge in [-0.15, -0.1) is 0 Å². The normalized spacial score (nSPS) is 17.5. The first-order valence-electron chi connectivity index (χ1n) is 7.74. The van der Waals surface area contributed by atoms with Crippen molar-refractivity contribution in [3.05, 3.63) is 29.8 Å². The molecule has 0 radical (unpaired) electrons. The number of carboxylic acids is 1. The van der Waals surface area contributed by atoms with Crippen LogP contribution in [0.15, 0.2) is 24.3 Å². The molecule has 3 rings (SSSR count). The Morgan fingerprint density at radius 3 is 2.79 bits per heavy atom. The van der Waals surface area contributed by atoms with E-state index in [0.29, 0.717) is 29.6 Å². The first-order chi connectivity index (χ1) is 11.4. The van der Waals surface area contributed by atoms with Crippen molar-refractivity contribution in [2.45, 2.75) is 25.2 Å². The van der Waals surface area contributed by atoms with E-state index < -0.39 is 11.9 Å². The summed E-state index contributed by atoms with van der Waals surface area (Å²) in [7, 11) is 1.53. The lowest BCUT2D eigenvalue weighted by Crippen LogP contribution is -2.28. The number of anilines is 1. The van der Waals surface area contributed by atoms with Gasteiger partial charge >= 0.3 is 5.97 Å². The van der Waals surface area contributed by atoms with E-state index >= 15 is 0 Å². The molecule has 2 heterocycles. The second-order valence-electron chi connectivity index (χ2n) is 5.92. The second-order valence-corrected chi connectivity index (χ2v) is 5.92. The van der Waals surface area contributed by atoms with E-state index in [4.69, 9.17) is 4.74 Å². The number of hydrogen-bond donors (Lipinski definition) is 1. The lowest BCUT2D eigenvalue weighted by atomic mass is 10.1. The number of ether oxygens (including phenoxy) is 1. The van der Waals surface area contributed by atoms with E-state index in [1.165, 1.54) is 13.2 Å². The predicted molar refractivity (Wildman–Crippen MR) is 86.3 cm³/mol. The molecular weight excluding hydrogens is 318 g/mol. The van der Waals surface area contributed by atoms with Crippen molar-refractivity contribution in [2.75, 3.05) is 25.1 Å². The van der Waals surface area contributed by atoms with Crippen LogP contribution in [0.25, 0.3) is 10.9 Å². The van der Waals surface area contributed by atoms with E-state index in [0.717, 1.165) is 0 Å². The van der Waals surface area contributed by atoms with E-state index in [1.807, 2.05) is 0 Å². The minimum atomic E-state index is -2.71. The summed E-state index contributed by atoms with van der Waals surface area (Å²) in [5.41, 5.74) is 0.618. The van der Waals surface area contributed by atoms with Gasteiger partial charge < -0.3 is 14.7 Å². The molecule has 1 aromatic carbocycles. The number of carbonyl (C=O) groups is 1. The predicted octanol–water partition coefficient (Wildman–Crippen LogP) is 3.57. The topological polar surface area (TPSA) is 62.7 Å². The summed E-state index contributed by atoms with van der Waals surface area (Å²) in [5, 5.41) is 10.1. The van der Waals surface area contributed by atoms with Crippen LogP contribution in [-0.2, 0) is 0 Å². The van der Waals surface area contributed by atoms with Crippen molar-refractivity contribution in [3.8, 4) is 5.75 Å². The molecule has 1 aromatic heterocycles. The molecule has 1 aliphatic rings. The summed E-state index contributed by atoms with van der Waals surface area (Å²) < 4.78 is 32.3. The van der Waals surface area contributed by atoms with Gasteiger partial charge in [0.2, 0.25) is 5.92 Å². The van der Waals surface area contributed by atoms with Gasteiger partial charge in [-0.25, -0.2) is 18.6 Å². The Kier molecular flexibility index (Phi) is 4.26. The lowest BCUT2D eigenvalue weighted by molar-refractivity contribution is -0.0102. The standard InChI is InChI=1S/C17H18F2N2O3/c1-24-12-3-4-14-11(9-12)10-13(16(22)23)15(20-14)21-7-2-5-17(18,19)6-8-21/h3-4,9-10H,2,5-8H2,1H3,(H,22,23). The molecule has 0 amide bonds. The molecule has 1 fully saturated rings. The maximum absolute atomic E-state index is 13.6. The van der Waals surface area contributed by atoms with Crippen LogP contribution in [0.2, 0.25) is 0 Å². The Bertz CT molecular complexity index is 780. The monoisotopic (exact) mass is 336 g/mol. The van der Waals surface area contributed by atoms with Crippen LogP contribution in [0, 0.1) is 0 Å². The molecule has 7 heteroatoms. The average Bonchev–Trinajstić information content (AvgIpc) is 2.73. The average molecular weight is 336 g/mol. The molecule has 1 aliphatic heterocycles. The SMILES string of the molecule is COc1ccc2nc(N3CCCC(F)(F)CC3)c(C(=O)O)cc2c1. The number of benzene rings is 1. The van der Waals surface area contributed by atoms with Gasteiger partial charge in [-0.05, 0) is 30.7 Å². The fourth-order valence-electron chi connectivity index (χ4n) is 2.95. The van der Waals surface area contributed by atoms with Crippen LogP contribution in [0.5, 0.6) is 5.75 Å². The van der Waals surface area contributed by atoms with Crippen molar-refractivity contribution in [1.29, 1.82) is 0 Å². The highest BCUT2D eigenvalue weighted by molar-refractivity contribution is 5.98. The van der Waals surface area contributed by atoms with Crippen LogP contribution in [0.3, 0.4) is 0 Å². The van der Waals surface area contributed by atoms with E-state index in [2.05, 4.69) is 4.98 Å². The summed E-state index contributed by atoms with van der Waals surface area (Å²) in [6.45, 7) is 0.451. The van der Waals surface area contributed by atoms with Crippen LogP contribution in [-0.4, -0.2) is 42.2 Å². The van der Waals surface area contributed by atoms with Gasteiger partial charge in [0, 0.05) is 31.3 Å². The molecule has 128 valence electrons. The number of halogens is 2. The highest BCUT2D eigenvalue weighted by Gasteiger charge is 2.33. The van der Waals surface area contributed by atoms with Crippen molar-refractivity contribution in [3.63, 3.8) is 0 Å². The smallest absolute Gasteiger partial charge is 0.339 e. The minimum Gasteiger partial charge on any atom is -0.497 e. The molecule has 0 bridgehead atoms.